The Hall–Kier alpha value is -2.63. The summed E-state index contributed by atoms with van der Waals surface area (Å²) >= 11 is 0. The van der Waals surface area contributed by atoms with E-state index in [-0.39, 0.29) is 31.1 Å². The first kappa shape index (κ1) is 68.4. The average Bonchev–Trinajstić information content (AvgIpc) is 3.37. The molecule has 0 aromatic heterocycles. The number of allylic oxidation sites excluding steroid dienone is 8. The molecule has 0 aliphatic heterocycles. The van der Waals surface area contributed by atoms with Crippen LogP contribution in [0.2, 0.25) is 0 Å². The van der Waals surface area contributed by atoms with Crippen LogP contribution in [-0.2, 0) is 28.6 Å². The molecule has 0 N–H and O–H groups in total. The molecule has 414 valence electrons. The smallest absolute Gasteiger partial charge is 0.306 e. The molecule has 6 heteroatoms. The Bertz CT molecular complexity index is 1230. The van der Waals surface area contributed by atoms with Crippen LogP contribution in [0.3, 0.4) is 0 Å². The zero-order valence-electron chi connectivity index (χ0n) is 47.5. The second-order valence-corrected chi connectivity index (χ2v) is 21.0. The van der Waals surface area contributed by atoms with E-state index in [4.69, 9.17) is 14.2 Å². The van der Waals surface area contributed by atoms with Crippen LogP contribution in [-0.4, -0.2) is 37.2 Å². The molecule has 0 spiro atoms. The number of unbranched alkanes of at least 4 members (excludes halogenated alkanes) is 38. The van der Waals surface area contributed by atoms with Crippen molar-refractivity contribution in [1.29, 1.82) is 0 Å². The second-order valence-electron chi connectivity index (χ2n) is 21.0. The minimum Gasteiger partial charge on any atom is -0.462 e. The van der Waals surface area contributed by atoms with Gasteiger partial charge in [0.05, 0.1) is 0 Å². The number of ether oxygens (including phenoxy) is 3. The van der Waals surface area contributed by atoms with Gasteiger partial charge in [0.1, 0.15) is 13.2 Å². The summed E-state index contributed by atoms with van der Waals surface area (Å²) < 4.78 is 16.8. The summed E-state index contributed by atoms with van der Waals surface area (Å²) in [6.45, 7) is 6.49. The van der Waals surface area contributed by atoms with Crippen molar-refractivity contribution in [2.24, 2.45) is 0 Å². The highest BCUT2D eigenvalue weighted by Crippen LogP contribution is 2.18. The number of hydrogen-bond donors (Lipinski definition) is 0. The Morgan fingerprint density at radius 1 is 0.296 bits per heavy atom. The van der Waals surface area contributed by atoms with Crippen LogP contribution in [0.5, 0.6) is 0 Å². The summed E-state index contributed by atoms with van der Waals surface area (Å²) in [7, 11) is 0. The van der Waals surface area contributed by atoms with Gasteiger partial charge in [0.15, 0.2) is 6.10 Å². The SMILES string of the molecule is CC/C=C\C/C=C\C/C=C\C/C=C\CCCCCCCCCCCCCCCCCCCCC(=O)OCC(COC(=O)CCCCCCC)OC(=O)CCCCCCCCCCCCCCCCCCC. The first-order valence-corrected chi connectivity index (χ1v) is 31.1. The number of carbonyl (C=O) groups excluding carboxylic acids is 3. The maximum atomic E-state index is 12.8. The van der Waals surface area contributed by atoms with E-state index in [0.29, 0.717) is 19.3 Å². The Kier molecular flexibility index (Phi) is 57.7. The van der Waals surface area contributed by atoms with Gasteiger partial charge in [-0.3, -0.25) is 14.4 Å². The summed E-state index contributed by atoms with van der Waals surface area (Å²) in [5, 5.41) is 0. The Labute approximate surface area is 441 Å². The molecule has 0 saturated heterocycles. The molecule has 0 aromatic carbocycles. The average molecular weight is 996 g/mol. The van der Waals surface area contributed by atoms with Crippen LogP contribution >= 0.6 is 0 Å². The quantitative estimate of drug-likeness (QED) is 0.0261. The van der Waals surface area contributed by atoms with Crippen molar-refractivity contribution in [3.8, 4) is 0 Å². The molecule has 0 radical (unpaired) electrons. The molecular weight excluding hydrogens is 877 g/mol. The van der Waals surface area contributed by atoms with Crippen LogP contribution in [0.1, 0.15) is 329 Å². The lowest BCUT2D eigenvalue weighted by Gasteiger charge is -2.18. The predicted molar refractivity (Wildman–Crippen MR) is 307 cm³/mol. The monoisotopic (exact) mass is 995 g/mol. The maximum Gasteiger partial charge on any atom is 0.306 e. The molecule has 0 aliphatic carbocycles. The largest absolute Gasteiger partial charge is 0.462 e. The zero-order chi connectivity index (χ0) is 51.4. The zero-order valence-corrected chi connectivity index (χ0v) is 47.5. The molecule has 0 amide bonds. The molecule has 1 atom stereocenters. The van der Waals surface area contributed by atoms with E-state index in [1.807, 2.05) is 0 Å². The lowest BCUT2D eigenvalue weighted by Crippen LogP contribution is -2.30. The molecule has 1 unspecified atom stereocenters. The Balaban J connectivity index is 3.93. The van der Waals surface area contributed by atoms with Crippen molar-refractivity contribution >= 4 is 17.9 Å². The van der Waals surface area contributed by atoms with Gasteiger partial charge in [0.25, 0.3) is 0 Å². The van der Waals surface area contributed by atoms with Gasteiger partial charge >= 0.3 is 17.9 Å². The summed E-state index contributed by atoms with van der Waals surface area (Å²) in [6.07, 6.45) is 74.6. The number of esters is 3. The topological polar surface area (TPSA) is 78.9 Å². The van der Waals surface area contributed by atoms with Crippen molar-refractivity contribution in [2.75, 3.05) is 13.2 Å². The fourth-order valence-corrected chi connectivity index (χ4v) is 9.20. The van der Waals surface area contributed by atoms with Gasteiger partial charge < -0.3 is 14.2 Å². The van der Waals surface area contributed by atoms with E-state index in [1.165, 1.54) is 199 Å². The van der Waals surface area contributed by atoms with Crippen molar-refractivity contribution in [1.82, 2.24) is 0 Å². The van der Waals surface area contributed by atoms with E-state index >= 15 is 0 Å². The Morgan fingerprint density at radius 2 is 0.549 bits per heavy atom. The molecule has 0 bridgehead atoms. The molecule has 71 heavy (non-hydrogen) atoms. The number of carbonyl (C=O) groups is 3. The van der Waals surface area contributed by atoms with Gasteiger partial charge in [-0.1, -0.05) is 301 Å². The highest BCUT2D eigenvalue weighted by atomic mass is 16.6. The number of rotatable bonds is 57. The Morgan fingerprint density at radius 3 is 0.859 bits per heavy atom. The van der Waals surface area contributed by atoms with Crippen LogP contribution < -0.4 is 0 Å². The van der Waals surface area contributed by atoms with Crippen LogP contribution in [0.4, 0.5) is 0 Å². The standard InChI is InChI=1S/C65H118O6/c1-4-7-10-13-15-17-19-21-23-25-26-27-28-29-30-31-32-33-34-35-36-37-38-40-41-43-45-47-49-52-55-58-64(67)70-61-62(60-69-63(66)57-54-51-12-9-6-3)71-65(68)59-56-53-50-48-46-44-42-39-24-22-20-18-16-14-11-8-5-2/h7,10,15,17,21,23,26-27,62H,4-6,8-9,11-14,16,18-20,22,24-25,28-61H2,1-3H3/b10-7-,17-15-,23-21-,27-26-. The molecule has 0 rings (SSSR count). The summed E-state index contributed by atoms with van der Waals surface area (Å²) in [4.78, 5) is 37.8. The fourth-order valence-electron chi connectivity index (χ4n) is 9.20. The third-order valence-electron chi connectivity index (χ3n) is 13.8. The highest BCUT2D eigenvalue weighted by Gasteiger charge is 2.19. The van der Waals surface area contributed by atoms with E-state index in [1.54, 1.807) is 0 Å². The van der Waals surface area contributed by atoms with Gasteiger partial charge in [0, 0.05) is 19.3 Å². The lowest BCUT2D eigenvalue weighted by atomic mass is 10.0. The molecular formula is C65H118O6. The predicted octanol–water partition coefficient (Wildman–Crippen LogP) is 21.0. The summed E-state index contributed by atoms with van der Waals surface area (Å²) in [5.41, 5.74) is 0. The van der Waals surface area contributed by atoms with Crippen molar-refractivity contribution in [3.05, 3.63) is 48.6 Å². The molecule has 0 heterocycles. The van der Waals surface area contributed by atoms with Gasteiger partial charge in [-0.2, -0.15) is 0 Å². The minimum absolute atomic E-state index is 0.0674. The third kappa shape index (κ3) is 58.1. The lowest BCUT2D eigenvalue weighted by molar-refractivity contribution is -0.167. The van der Waals surface area contributed by atoms with Crippen molar-refractivity contribution in [2.45, 2.75) is 335 Å². The maximum absolute atomic E-state index is 12.8. The first-order valence-electron chi connectivity index (χ1n) is 31.1. The third-order valence-corrected chi connectivity index (χ3v) is 13.8. The van der Waals surface area contributed by atoms with Gasteiger partial charge in [-0.15, -0.1) is 0 Å². The molecule has 0 fully saturated rings. The minimum atomic E-state index is -0.764. The molecule has 6 nitrogen and oxygen atoms in total. The molecule has 0 aromatic rings. The van der Waals surface area contributed by atoms with E-state index in [9.17, 15) is 14.4 Å². The summed E-state index contributed by atoms with van der Waals surface area (Å²) in [5.74, 6) is -0.862. The van der Waals surface area contributed by atoms with Crippen LogP contribution in [0, 0.1) is 0 Å². The van der Waals surface area contributed by atoms with Gasteiger partial charge in [0.2, 0.25) is 0 Å². The van der Waals surface area contributed by atoms with Crippen LogP contribution in [0.15, 0.2) is 48.6 Å². The number of hydrogen-bond acceptors (Lipinski definition) is 6. The van der Waals surface area contributed by atoms with Crippen molar-refractivity contribution in [3.63, 3.8) is 0 Å². The second kappa shape index (κ2) is 59.9. The van der Waals surface area contributed by atoms with E-state index in [0.717, 1.165) is 89.9 Å². The first-order chi connectivity index (χ1) is 35.0. The van der Waals surface area contributed by atoms with E-state index in [2.05, 4.69) is 69.4 Å². The summed E-state index contributed by atoms with van der Waals surface area (Å²) in [6, 6.07) is 0. The van der Waals surface area contributed by atoms with Gasteiger partial charge in [-0.05, 0) is 57.8 Å². The van der Waals surface area contributed by atoms with E-state index < -0.39 is 6.10 Å². The highest BCUT2D eigenvalue weighted by molar-refractivity contribution is 5.71. The fraction of sp³-hybridized carbons (Fsp3) is 0.831. The van der Waals surface area contributed by atoms with Crippen LogP contribution in [0.25, 0.3) is 0 Å². The van der Waals surface area contributed by atoms with Crippen molar-refractivity contribution < 1.29 is 28.6 Å². The molecule has 0 saturated carbocycles. The van der Waals surface area contributed by atoms with Gasteiger partial charge in [-0.25, -0.2) is 0 Å². The molecule has 0 aliphatic rings. The normalized spacial score (nSPS) is 12.3.